The minimum absolute atomic E-state index is 0.0452. The largest absolute Gasteiger partial charge is 0.454 e. The Morgan fingerprint density at radius 1 is 0.788 bits per heavy atom. The SMILES string of the molecule is CN(C/C=C/c1ccccc1)c1c(C(=O)C(F)(F)F)cc(C(=O)C(F)(F)F)c2ccccc12. The summed E-state index contributed by atoms with van der Waals surface area (Å²) < 4.78 is 79.4. The van der Waals surface area contributed by atoms with Gasteiger partial charge >= 0.3 is 12.4 Å². The van der Waals surface area contributed by atoms with E-state index >= 15 is 0 Å². The second-order valence-corrected chi connectivity index (χ2v) is 7.21. The quantitative estimate of drug-likeness (QED) is 0.309. The maximum Gasteiger partial charge on any atom is 0.454 e. The minimum atomic E-state index is -5.35. The topological polar surface area (TPSA) is 37.4 Å². The van der Waals surface area contributed by atoms with Gasteiger partial charge in [0.25, 0.3) is 11.6 Å². The van der Waals surface area contributed by atoms with Crippen molar-refractivity contribution in [1.29, 1.82) is 0 Å². The molecule has 0 saturated heterocycles. The average Bonchev–Trinajstić information content (AvgIpc) is 2.76. The first-order chi connectivity index (χ1) is 15.4. The van der Waals surface area contributed by atoms with Crippen molar-refractivity contribution in [2.75, 3.05) is 18.5 Å². The number of ketones is 2. The molecule has 0 unspecified atom stereocenters. The highest BCUT2D eigenvalue weighted by Gasteiger charge is 2.44. The molecule has 3 aromatic carbocycles. The van der Waals surface area contributed by atoms with Crippen LogP contribution in [0, 0.1) is 0 Å². The van der Waals surface area contributed by atoms with Gasteiger partial charge in [0.1, 0.15) is 0 Å². The van der Waals surface area contributed by atoms with Gasteiger partial charge in [-0.05, 0) is 17.0 Å². The molecule has 0 aliphatic heterocycles. The number of fused-ring (bicyclic) bond motifs is 1. The van der Waals surface area contributed by atoms with E-state index in [9.17, 15) is 35.9 Å². The molecule has 3 nitrogen and oxygen atoms in total. The van der Waals surface area contributed by atoms with E-state index in [1.807, 2.05) is 18.2 Å². The lowest BCUT2D eigenvalue weighted by molar-refractivity contribution is -0.0886. The van der Waals surface area contributed by atoms with Crippen molar-refractivity contribution >= 4 is 34.1 Å². The van der Waals surface area contributed by atoms with E-state index in [1.54, 1.807) is 24.3 Å². The molecule has 33 heavy (non-hydrogen) atoms. The number of anilines is 1. The molecule has 3 aromatic rings. The number of alkyl halides is 6. The Morgan fingerprint density at radius 2 is 1.30 bits per heavy atom. The number of rotatable bonds is 6. The van der Waals surface area contributed by atoms with Crippen LogP contribution in [0.3, 0.4) is 0 Å². The third-order valence-corrected chi connectivity index (χ3v) is 4.89. The molecule has 0 radical (unpaired) electrons. The number of benzene rings is 3. The average molecular weight is 465 g/mol. The third-order valence-electron chi connectivity index (χ3n) is 4.89. The van der Waals surface area contributed by atoms with Crippen LogP contribution < -0.4 is 4.90 Å². The smallest absolute Gasteiger partial charge is 0.370 e. The Balaban J connectivity index is 2.19. The summed E-state index contributed by atoms with van der Waals surface area (Å²) in [5.74, 6) is -4.66. The van der Waals surface area contributed by atoms with Crippen LogP contribution in [0.1, 0.15) is 26.3 Å². The van der Waals surface area contributed by atoms with Gasteiger partial charge in [-0.25, -0.2) is 0 Å². The van der Waals surface area contributed by atoms with E-state index in [-0.39, 0.29) is 23.0 Å². The molecule has 0 heterocycles. The molecule has 0 spiro atoms. The minimum Gasteiger partial charge on any atom is -0.370 e. The fourth-order valence-corrected chi connectivity index (χ4v) is 3.44. The molecule has 0 aliphatic carbocycles. The summed E-state index contributed by atoms with van der Waals surface area (Å²) >= 11 is 0. The number of carbonyl (C=O) groups excluding carboxylic acids is 2. The van der Waals surface area contributed by atoms with Gasteiger partial charge in [-0.3, -0.25) is 9.59 Å². The van der Waals surface area contributed by atoms with Crippen molar-refractivity contribution < 1.29 is 35.9 Å². The molecule has 0 bridgehead atoms. The van der Waals surface area contributed by atoms with Gasteiger partial charge < -0.3 is 4.90 Å². The van der Waals surface area contributed by atoms with Crippen LogP contribution in [-0.4, -0.2) is 37.5 Å². The summed E-state index contributed by atoms with van der Waals surface area (Å²) in [7, 11) is 1.41. The first-order valence-corrected chi connectivity index (χ1v) is 9.62. The molecular weight excluding hydrogens is 448 g/mol. The number of likely N-dealkylation sites (N-methyl/N-ethyl adjacent to an activating group) is 1. The monoisotopic (exact) mass is 465 g/mol. The highest BCUT2D eigenvalue weighted by molar-refractivity contribution is 6.19. The van der Waals surface area contributed by atoms with Crippen molar-refractivity contribution in [2.45, 2.75) is 12.4 Å². The Morgan fingerprint density at radius 3 is 1.88 bits per heavy atom. The summed E-state index contributed by atoms with van der Waals surface area (Å²) in [5.41, 5.74) is -1.43. The normalized spacial score (nSPS) is 12.3. The van der Waals surface area contributed by atoms with Crippen molar-refractivity contribution in [3.8, 4) is 0 Å². The first kappa shape index (κ1) is 24.0. The van der Waals surface area contributed by atoms with Crippen molar-refractivity contribution in [2.24, 2.45) is 0 Å². The molecule has 0 aliphatic rings. The first-order valence-electron chi connectivity index (χ1n) is 9.62. The summed E-state index contributed by atoms with van der Waals surface area (Å²) in [4.78, 5) is 25.5. The number of hydrogen-bond acceptors (Lipinski definition) is 3. The zero-order valence-corrected chi connectivity index (χ0v) is 17.2. The van der Waals surface area contributed by atoms with Crippen LogP contribution in [0.15, 0.2) is 66.7 Å². The standard InChI is InChI=1S/C24H17F6NO2/c1-31(13-7-10-15-8-3-2-4-9-15)20-17-12-6-5-11-16(17)18(21(32)23(25,26)27)14-19(20)22(33)24(28,29)30/h2-12,14H,13H2,1H3/b10-7+. The molecular formula is C24H17F6NO2. The highest BCUT2D eigenvalue weighted by Crippen LogP contribution is 2.38. The molecule has 0 amide bonds. The predicted octanol–water partition coefficient (Wildman–Crippen LogP) is 6.48. The highest BCUT2D eigenvalue weighted by atomic mass is 19.4. The van der Waals surface area contributed by atoms with Gasteiger partial charge in [-0.1, -0.05) is 66.7 Å². The fraction of sp³-hybridized carbons (Fsp3) is 0.167. The maximum atomic E-state index is 13.3. The summed E-state index contributed by atoms with van der Waals surface area (Å²) in [6.45, 7) is 0.0452. The van der Waals surface area contributed by atoms with Gasteiger partial charge in [0, 0.05) is 24.5 Å². The van der Waals surface area contributed by atoms with Crippen molar-refractivity contribution in [3.05, 3.63) is 83.4 Å². The lowest BCUT2D eigenvalue weighted by Crippen LogP contribution is -2.29. The third kappa shape index (κ3) is 5.24. The van der Waals surface area contributed by atoms with Crippen LogP contribution in [0.2, 0.25) is 0 Å². The van der Waals surface area contributed by atoms with Crippen molar-refractivity contribution in [1.82, 2.24) is 0 Å². The molecule has 3 rings (SSSR count). The number of halogens is 6. The second kappa shape index (κ2) is 9.09. The second-order valence-electron chi connectivity index (χ2n) is 7.21. The zero-order chi connectivity index (χ0) is 24.4. The number of hydrogen-bond donors (Lipinski definition) is 0. The predicted molar refractivity (Wildman–Crippen MR) is 113 cm³/mol. The van der Waals surface area contributed by atoms with Crippen molar-refractivity contribution in [3.63, 3.8) is 0 Å². The van der Waals surface area contributed by atoms with Crippen LogP contribution in [0.25, 0.3) is 16.8 Å². The van der Waals surface area contributed by atoms with E-state index in [1.165, 1.54) is 36.2 Å². The van der Waals surface area contributed by atoms with Gasteiger partial charge in [0.2, 0.25) is 0 Å². The van der Waals surface area contributed by atoms with Crippen LogP contribution in [-0.2, 0) is 0 Å². The van der Waals surface area contributed by atoms with E-state index in [4.69, 9.17) is 0 Å². The fourth-order valence-electron chi connectivity index (χ4n) is 3.44. The van der Waals surface area contributed by atoms with E-state index in [0.29, 0.717) is 6.07 Å². The summed E-state index contributed by atoms with van der Waals surface area (Å²) in [6.07, 6.45) is -7.32. The molecule has 0 aromatic heterocycles. The summed E-state index contributed by atoms with van der Waals surface area (Å²) in [6, 6.07) is 14.7. The van der Waals surface area contributed by atoms with E-state index in [0.717, 1.165) is 5.56 Å². The number of nitrogens with zero attached hydrogens (tertiary/aromatic N) is 1. The lowest BCUT2D eigenvalue weighted by atomic mass is 9.93. The molecule has 0 atom stereocenters. The Kier molecular flexibility index (Phi) is 6.62. The summed E-state index contributed by atoms with van der Waals surface area (Å²) in [5, 5.41) is -0.275. The number of carbonyl (C=O) groups is 2. The molecule has 0 N–H and O–H groups in total. The number of Topliss-reactive ketones (excluding diaryl/α,β-unsaturated/α-hetero) is 2. The lowest BCUT2D eigenvalue weighted by Gasteiger charge is -2.24. The zero-order valence-electron chi connectivity index (χ0n) is 17.2. The van der Waals surface area contributed by atoms with Gasteiger partial charge in [0.15, 0.2) is 0 Å². The van der Waals surface area contributed by atoms with Crippen LogP contribution in [0.5, 0.6) is 0 Å². The molecule has 0 fully saturated rings. The Labute approximate surface area is 184 Å². The van der Waals surface area contributed by atoms with E-state index < -0.39 is 35.0 Å². The maximum absolute atomic E-state index is 13.3. The molecule has 172 valence electrons. The van der Waals surface area contributed by atoms with Gasteiger partial charge in [0.05, 0.1) is 11.3 Å². The van der Waals surface area contributed by atoms with Gasteiger partial charge in [-0.2, -0.15) is 26.3 Å². The van der Waals surface area contributed by atoms with E-state index in [2.05, 4.69) is 0 Å². The van der Waals surface area contributed by atoms with Crippen LogP contribution in [0.4, 0.5) is 32.0 Å². The van der Waals surface area contributed by atoms with Gasteiger partial charge in [-0.15, -0.1) is 0 Å². The molecule has 9 heteroatoms. The van der Waals surface area contributed by atoms with Crippen LogP contribution >= 0.6 is 0 Å². The Hall–Kier alpha value is -3.62. The molecule has 0 saturated carbocycles. The Bertz CT molecular complexity index is 1210.